The van der Waals surface area contributed by atoms with E-state index in [-0.39, 0.29) is 29.6 Å². The van der Waals surface area contributed by atoms with Gasteiger partial charge in [-0.1, -0.05) is 23.7 Å². The van der Waals surface area contributed by atoms with Gasteiger partial charge in [0.25, 0.3) is 5.69 Å². The molecule has 1 fully saturated rings. The van der Waals surface area contributed by atoms with Crippen LogP contribution in [0.4, 0.5) is 10.1 Å². The zero-order valence-corrected chi connectivity index (χ0v) is 23.9. The fourth-order valence-electron chi connectivity index (χ4n) is 4.36. The number of nitro groups is 1. The van der Waals surface area contributed by atoms with E-state index < -0.39 is 38.9 Å². The van der Waals surface area contributed by atoms with E-state index in [1.54, 1.807) is 31.2 Å². The molecule has 1 aromatic heterocycles. The van der Waals surface area contributed by atoms with Crippen molar-refractivity contribution in [3.8, 4) is 0 Å². The lowest BCUT2D eigenvalue weighted by atomic mass is 10.2. The van der Waals surface area contributed by atoms with Crippen LogP contribution in [0.1, 0.15) is 17.1 Å². The predicted octanol–water partition coefficient (Wildman–Crippen LogP) is 3.84. The Balaban J connectivity index is 1.63. The first-order valence-corrected chi connectivity index (χ1v) is 14.7. The summed E-state index contributed by atoms with van der Waals surface area (Å²) in [6, 6.07) is 12.3. The molecule has 1 saturated heterocycles. The molecule has 0 unspecified atom stereocenters. The Bertz CT molecular complexity index is 1480. The predicted molar refractivity (Wildman–Crippen MR) is 148 cm³/mol. The Morgan fingerprint density at radius 1 is 1.10 bits per heavy atom. The molecule has 0 bridgehead atoms. The number of nitro benzene ring substituents is 1. The third-order valence-corrected chi connectivity index (χ3v) is 8.78. The van der Waals surface area contributed by atoms with E-state index in [4.69, 9.17) is 20.8 Å². The number of benzene rings is 2. The van der Waals surface area contributed by atoms with Gasteiger partial charge in [-0.2, -0.15) is 4.31 Å². The lowest BCUT2D eigenvalue weighted by Crippen LogP contribution is -2.47. The van der Waals surface area contributed by atoms with Crippen molar-refractivity contribution in [3.63, 3.8) is 0 Å². The highest BCUT2D eigenvalue weighted by molar-refractivity contribution is 7.89. The van der Waals surface area contributed by atoms with Gasteiger partial charge in [-0.15, -0.1) is 0 Å². The molecule has 1 aliphatic heterocycles. The van der Waals surface area contributed by atoms with E-state index >= 15 is 0 Å². The van der Waals surface area contributed by atoms with E-state index in [1.807, 2.05) is 4.90 Å². The molecule has 0 aliphatic carbocycles. The number of aryl methyl sites for hydroxylation is 1. The average Bonchev–Trinajstić information content (AvgIpc) is 3.36. The zero-order chi connectivity index (χ0) is 29.6. The lowest BCUT2D eigenvalue weighted by Gasteiger charge is -2.31. The van der Waals surface area contributed by atoms with Crippen molar-refractivity contribution >= 4 is 33.2 Å². The van der Waals surface area contributed by atoms with Gasteiger partial charge < -0.3 is 14.1 Å². The molecule has 0 N–H and O–H groups in total. The van der Waals surface area contributed by atoms with Gasteiger partial charge in [-0.25, -0.2) is 12.8 Å². The van der Waals surface area contributed by atoms with Crippen LogP contribution in [-0.4, -0.2) is 79.3 Å². The van der Waals surface area contributed by atoms with Crippen molar-refractivity contribution in [2.75, 3.05) is 45.9 Å². The SMILES string of the molecule is Cc1ccc(CN(Cc2ccc(F)cc2)C(=O)CN(CCN2CCOCC2)S(=O)(=O)c2ccc(Cl)c([N+](=O)[O-])c2)o1. The highest BCUT2D eigenvalue weighted by Crippen LogP contribution is 2.29. The first-order chi connectivity index (χ1) is 19.5. The van der Waals surface area contributed by atoms with Gasteiger partial charge >= 0.3 is 0 Å². The standard InChI is InChI=1S/C27H30ClFN4O7S/c1-20-2-7-23(40-20)18-31(17-21-3-5-22(29)6-4-21)27(34)19-32(11-10-30-12-14-39-15-13-30)41(37,38)24-8-9-25(28)26(16-24)33(35)36/h2-9,16H,10-15,17-19H2,1H3. The quantitative estimate of drug-likeness (QED) is 0.224. The summed E-state index contributed by atoms with van der Waals surface area (Å²) in [5, 5.41) is 11.2. The summed E-state index contributed by atoms with van der Waals surface area (Å²) in [6.07, 6.45) is 0. The largest absolute Gasteiger partial charge is 0.464 e. The van der Waals surface area contributed by atoms with Gasteiger partial charge in [-0.05, 0) is 48.9 Å². The molecule has 1 aliphatic rings. The minimum absolute atomic E-state index is 0.0469. The summed E-state index contributed by atoms with van der Waals surface area (Å²) in [4.78, 5) is 27.5. The second-order valence-corrected chi connectivity index (χ2v) is 11.9. The van der Waals surface area contributed by atoms with E-state index in [1.165, 1.54) is 23.1 Å². The van der Waals surface area contributed by atoms with Crippen molar-refractivity contribution in [2.24, 2.45) is 0 Å². The van der Waals surface area contributed by atoms with Gasteiger partial charge in [0.15, 0.2) is 0 Å². The summed E-state index contributed by atoms with van der Waals surface area (Å²) in [5.41, 5.74) is 0.0809. The molecule has 1 amide bonds. The van der Waals surface area contributed by atoms with Gasteiger partial charge in [-0.3, -0.25) is 19.8 Å². The summed E-state index contributed by atoms with van der Waals surface area (Å²) >= 11 is 5.91. The molecule has 14 heteroatoms. The second-order valence-electron chi connectivity index (χ2n) is 9.55. The molecular formula is C27H30ClFN4O7S. The number of furan rings is 1. The fraction of sp³-hybridized carbons (Fsp3) is 0.370. The van der Waals surface area contributed by atoms with Crippen LogP contribution in [0.25, 0.3) is 0 Å². The van der Waals surface area contributed by atoms with Crippen LogP contribution in [0.3, 0.4) is 0 Å². The number of nitrogens with zero attached hydrogens (tertiary/aromatic N) is 4. The van der Waals surface area contributed by atoms with Crippen molar-refractivity contribution in [3.05, 3.63) is 92.6 Å². The summed E-state index contributed by atoms with van der Waals surface area (Å²) in [5.74, 6) is 0.186. The Hall–Kier alpha value is -3.36. The number of halogens is 2. The monoisotopic (exact) mass is 608 g/mol. The third kappa shape index (κ3) is 8.11. The number of carbonyl (C=O) groups is 1. The van der Waals surface area contributed by atoms with Crippen LogP contribution in [-0.2, 0) is 32.6 Å². The molecule has 0 saturated carbocycles. The van der Waals surface area contributed by atoms with Crippen LogP contribution < -0.4 is 0 Å². The molecule has 2 aromatic carbocycles. The highest BCUT2D eigenvalue weighted by Gasteiger charge is 2.31. The van der Waals surface area contributed by atoms with Gasteiger partial charge in [0.2, 0.25) is 15.9 Å². The Morgan fingerprint density at radius 3 is 2.44 bits per heavy atom. The van der Waals surface area contributed by atoms with Crippen LogP contribution in [0.2, 0.25) is 5.02 Å². The lowest BCUT2D eigenvalue weighted by molar-refractivity contribution is -0.384. The maximum Gasteiger partial charge on any atom is 0.289 e. The number of sulfonamides is 1. The van der Waals surface area contributed by atoms with Crippen LogP contribution in [0.5, 0.6) is 0 Å². The summed E-state index contributed by atoms with van der Waals surface area (Å²) in [7, 11) is -4.36. The number of rotatable bonds is 12. The Morgan fingerprint density at radius 2 is 1.80 bits per heavy atom. The molecular weight excluding hydrogens is 579 g/mol. The Labute approximate surface area is 242 Å². The summed E-state index contributed by atoms with van der Waals surface area (Å²) < 4.78 is 53.1. The van der Waals surface area contributed by atoms with Crippen molar-refractivity contribution < 1.29 is 31.7 Å². The van der Waals surface area contributed by atoms with Crippen molar-refractivity contribution in [1.29, 1.82) is 0 Å². The topological polar surface area (TPSA) is 126 Å². The van der Waals surface area contributed by atoms with Crippen molar-refractivity contribution in [2.45, 2.75) is 24.9 Å². The fourth-order valence-corrected chi connectivity index (χ4v) is 5.94. The molecule has 0 spiro atoms. The normalized spacial score (nSPS) is 14.3. The van der Waals surface area contributed by atoms with E-state index in [9.17, 15) is 27.7 Å². The van der Waals surface area contributed by atoms with Crippen LogP contribution >= 0.6 is 11.6 Å². The van der Waals surface area contributed by atoms with Crippen molar-refractivity contribution in [1.82, 2.24) is 14.1 Å². The molecule has 2 heterocycles. The van der Waals surface area contributed by atoms with E-state index in [2.05, 4.69) is 0 Å². The maximum absolute atomic E-state index is 13.8. The molecule has 11 nitrogen and oxygen atoms in total. The number of carbonyl (C=O) groups excluding carboxylic acids is 1. The smallest absolute Gasteiger partial charge is 0.289 e. The van der Waals surface area contributed by atoms with Gasteiger partial charge in [0.05, 0.1) is 36.1 Å². The van der Waals surface area contributed by atoms with Crippen LogP contribution in [0.15, 0.2) is 63.9 Å². The first-order valence-electron chi connectivity index (χ1n) is 12.8. The maximum atomic E-state index is 13.8. The second kappa shape index (κ2) is 13.5. The molecule has 0 radical (unpaired) electrons. The molecule has 0 atom stereocenters. The number of ether oxygens (including phenoxy) is 1. The van der Waals surface area contributed by atoms with Gasteiger partial charge in [0.1, 0.15) is 22.4 Å². The van der Waals surface area contributed by atoms with Gasteiger partial charge in [0, 0.05) is 38.8 Å². The minimum atomic E-state index is -4.36. The Kier molecular flexibility index (Phi) is 10.1. The zero-order valence-electron chi connectivity index (χ0n) is 22.4. The highest BCUT2D eigenvalue weighted by atomic mass is 35.5. The molecule has 3 aromatic rings. The minimum Gasteiger partial charge on any atom is -0.464 e. The van der Waals surface area contributed by atoms with E-state index in [0.29, 0.717) is 49.9 Å². The number of hydrogen-bond acceptors (Lipinski definition) is 8. The molecule has 220 valence electrons. The summed E-state index contributed by atoms with van der Waals surface area (Å²) in [6.45, 7) is 3.83. The first kappa shape index (κ1) is 30.6. The van der Waals surface area contributed by atoms with E-state index in [0.717, 1.165) is 16.4 Å². The third-order valence-electron chi connectivity index (χ3n) is 6.62. The molecule has 41 heavy (non-hydrogen) atoms. The number of morpholine rings is 1. The number of amides is 1. The number of hydrogen-bond donors (Lipinski definition) is 0. The average molecular weight is 609 g/mol. The molecule has 4 rings (SSSR count). The van der Waals surface area contributed by atoms with Crippen LogP contribution in [0, 0.1) is 22.9 Å².